The average Bonchev–Trinajstić information content (AvgIpc) is 3.85. The third-order valence-corrected chi connectivity index (χ3v) is 12.0. The number of hydrogen-bond acceptors (Lipinski definition) is 4. The van der Waals surface area contributed by atoms with E-state index in [1.165, 1.54) is 54.9 Å². The largest absolute Gasteiger partial charge is 0.455 e. The van der Waals surface area contributed by atoms with Crippen LogP contribution in [0.1, 0.15) is 22.3 Å². The number of fused-ring (bicyclic) bond motifs is 12. The monoisotopic (exact) mass is 739 g/mol. The van der Waals surface area contributed by atoms with E-state index in [-0.39, 0.29) is 0 Å². The molecule has 0 bridgehead atoms. The van der Waals surface area contributed by atoms with E-state index in [0.29, 0.717) is 17.5 Å². The van der Waals surface area contributed by atoms with Crippen LogP contribution < -0.4 is 0 Å². The molecule has 2 aromatic heterocycles. The molecule has 0 saturated heterocycles. The van der Waals surface area contributed by atoms with Crippen molar-refractivity contribution in [3.05, 3.63) is 222 Å². The van der Waals surface area contributed by atoms with Crippen LogP contribution >= 0.6 is 0 Å². The fourth-order valence-electron chi connectivity index (χ4n) is 9.62. The highest BCUT2D eigenvalue weighted by Crippen LogP contribution is 2.63. The van der Waals surface area contributed by atoms with Gasteiger partial charge in [-0.2, -0.15) is 0 Å². The number of para-hydroxylation sites is 1. The van der Waals surface area contributed by atoms with E-state index in [4.69, 9.17) is 19.4 Å². The first-order chi connectivity index (χ1) is 28.8. The third-order valence-electron chi connectivity index (χ3n) is 12.0. The minimum atomic E-state index is -0.727. The molecule has 1 aliphatic carbocycles. The van der Waals surface area contributed by atoms with Gasteiger partial charge in [-0.3, -0.25) is 0 Å². The first-order valence-electron chi connectivity index (χ1n) is 19.7. The van der Waals surface area contributed by atoms with Gasteiger partial charge in [-0.25, -0.2) is 15.0 Å². The molecule has 2 heterocycles. The lowest BCUT2D eigenvalue weighted by Gasteiger charge is -2.35. The first kappa shape index (κ1) is 32.5. The number of hydrogen-bond donors (Lipinski definition) is 0. The lowest BCUT2D eigenvalue weighted by Crippen LogP contribution is -2.29. The van der Waals surface area contributed by atoms with Crippen LogP contribution in [0, 0.1) is 0 Å². The van der Waals surface area contributed by atoms with Crippen LogP contribution in [0.15, 0.2) is 205 Å². The van der Waals surface area contributed by atoms with Crippen LogP contribution in [0.5, 0.6) is 0 Å². The summed E-state index contributed by atoms with van der Waals surface area (Å²) in [7, 11) is 0. The highest BCUT2D eigenvalue weighted by Gasteiger charge is 2.49. The van der Waals surface area contributed by atoms with E-state index in [9.17, 15) is 0 Å². The first-order valence-corrected chi connectivity index (χ1v) is 19.7. The van der Waals surface area contributed by atoms with Crippen molar-refractivity contribution in [3.8, 4) is 45.3 Å². The van der Waals surface area contributed by atoms with Crippen molar-refractivity contribution in [2.75, 3.05) is 0 Å². The Kier molecular flexibility index (Phi) is 7.11. The Labute approximate surface area is 334 Å². The predicted molar refractivity (Wildman–Crippen MR) is 236 cm³/mol. The fourth-order valence-corrected chi connectivity index (χ4v) is 9.62. The molecule has 0 radical (unpaired) electrons. The van der Waals surface area contributed by atoms with Gasteiger partial charge in [0.25, 0.3) is 0 Å². The fraction of sp³-hybridized carbons (Fsp3) is 0.0185. The molecule has 9 aromatic carbocycles. The van der Waals surface area contributed by atoms with Crippen molar-refractivity contribution in [1.82, 2.24) is 15.0 Å². The minimum absolute atomic E-state index is 0.556. The highest BCUT2D eigenvalue weighted by atomic mass is 16.3. The van der Waals surface area contributed by atoms with E-state index < -0.39 is 5.41 Å². The summed E-state index contributed by atoms with van der Waals surface area (Å²) >= 11 is 0. The van der Waals surface area contributed by atoms with Gasteiger partial charge in [0.2, 0.25) is 0 Å². The van der Waals surface area contributed by atoms with Crippen LogP contribution in [0.4, 0.5) is 0 Å². The molecule has 1 aliphatic rings. The Hall–Kier alpha value is -7.69. The van der Waals surface area contributed by atoms with Gasteiger partial charge >= 0.3 is 0 Å². The van der Waals surface area contributed by atoms with Gasteiger partial charge < -0.3 is 4.42 Å². The Morgan fingerprint density at radius 3 is 1.41 bits per heavy atom. The molecule has 0 spiro atoms. The van der Waals surface area contributed by atoms with Crippen molar-refractivity contribution in [3.63, 3.8) is 0 Å². The summed E-state index contributed by atoms with van der Waals surface area (Å²) in [4.78, 5) is 15.7. The zero-order valence-electron chi connectivity index (χ0n) is 31.3. The second-order valence-corrected chi connectivity index (χ2v) is 15.0. The maximum atomic E-state index is 7.05. The predicted octanol–water partition coefficient (Wildman–Crippen LogP) is 13.4. The maximum Gasteiger partial charge on any atom is 0.167 e. The lowest BCUT2D eigenvalue weighted by molar-refractivity contribution is 0.669. The number of aromatic nitrogens is 3. The molecule has 58 heavy (non-hydrogen) atoms. The Morgan fingerprint density at radius 2 is 0.828 bits per heavy atom. The van der Waals surface area contributed by atoms with Crippen molar-refractivity contribution in [2.45, 2.75) is 5.41 Å². The summed E-state index contributed by atoms with van der Waals surface area (Å²) < 4.78 is 7.05. The second kappa shape index (κ2) is 12.7. The zero-order chi connectivity index (χ0) is 38.2. The summed E-state index contributed by atoms with van der Waals surface area (Å²) in [6.07, 6.45) is 0. The van der Waals surface area contributed by atoms with Crippen LogP contribution in [0.3, 0.4) is 0 Å². The molecule has 0 unspecified atom stereocenters. The normalized spacial score (nSPS) is 13.0. The number of rotatable bonds is 5. The Balaban J connectivity index is 1.32. The van der Waals surface area contributed by atoms with Gasteiger partial charge in [-0.15, -0.1) is 0 Å². The van der Waals surface area contributed by atoms with Gasteiger partial charge in [-0.05, 0) is 67.1 Å². The van der Waals surface area contributed by atoms with E-state index in [0.717, 1.165) is 38.6 Å². The maximum absolute atomic E-state index is 7.05. The standard InChI is InChI=1S/C54H33N3O/c1-5-19-34(20-6-1)51-55-52(35-21-7-2-8-22-35)57-53(56-51)43-33-44-48(47-42-31-17-18-32-45(42)58-50(43)47)46-40-29-15-13-27-38(40)39-28-14-16-30-41(39)49(46)54(44,36-23-9-3-10-24-36)37-25-11-4-12-26-37/h1-33H. The van der Waals surface area contributed by atoms with Gasteiger partial charge in [-0.1, -0.05) is 188 Å². The SMILES string of the molecule is c1ccc(-c2nc(-c3ccccc3)nc(-c3cc4c(c5c3oc3ccccc35)-c3c(c5ccccc5c5ccccc35)C4(c3ccccc3)c3ccccc3)n2)cc1. The molecule has 0 fully saturated rings. The molecule has 12 rings (SSSR count). The molecule has 0 aliphatic heterocycles. The van der Waals surface area contributed by atoms with Crippen molar-refractivity contribution in [1.29, 1.82) is 0 Å². The van der Waals surface area contributed by atoms with Gasteiger partial charge in [0.15, 0.2) is 17.5 Å². The van der Waals surface area contributed by atoms with E-state index in [2.05, 4.69) is 158 Å². The minimum Gasteiger partial charge on any atom is -0.455 e. The topological polar surface area (TPSA) is 51.8 Å². The summed E-state index contributed by atoms with van der Waals surface area (Å²) in [5.74, 6) is 1.76. The van der Waals surface area contributed by atoms with Gasteiger partial charge in [0.1, 0.15) is 11.2 Å². The smallest absolute Gasteiger partial charge is 0.167 e. The Bertz CT molecular complexity index is 3280. The molecule has 4 nitrogen and oxygen atoms in total. The molecular weight excluding hydrogens is 707 g/mol. The van der Waals surface area contributed by atoms with Crippen LogP contribution in [0.25, 0.3) is 88.8 Å². The van der Waals surface area contributed by atoms with Crippen molar-refractivity contribution in [2.24, 2.45) is 0 Å². The average molecular weight is 740 g/mol. The molecule has 0 saturated carbocycles. The number of furan rings is 1. The Morgan fingerprint density at radius 1 is 0.379 bits per heavy atom. The van der Waals surface area contributed by atoms with Crippen LogP contribution in [-0.2, 0) is 5.41 Å². The number of nitrogens with zero attached hydrogens (tertiary/aromatic N) is 3. The highest BCUT2D eigenvalue weighted by molar-refractivity contribution is 6.26. The second-order valence-electron chi connectivity index (χ2n) is 15.0. The molecule has 11 aromatic rings. The molecule has 0 N–H and O–H groups in total. The zero-order valence-corrected chi connectivity index (χ0v) is 31.3. The third kappa shape index (κ3) is 4.60. The molecule has 4 heteroatoms. The van der Waals surface area contributed by atoms with Crippen LogP contribution in [-0.4, -0.2) is 15.0 Å². The molecule has 0 atom stereocenters. The number of benzene rings is 9. The van der Waals surface area contributed by atoms with Gasteiger partial charge in [0.05, 0.1) is 11.0 Å². The summed E-state index contributed by atoms with van der Waals surface area (Å²) in [5.41, 5.74) is 10.7. The molecule has 0 amide bonds. The molecular formula is C54H33N3O. The summed E-state index contributed by atoms with van der Waals surface area (Å²) in [5, 5.41) is 7.00. The molecule has 270 valence electrons. The van der Waals surface area contributed by atoms with Gasteiger partial charge in [0, 0.05) is 21.9 Å². The summed E-state index contributed by atoms with van der Waals surface area (Å²) in [6, 6.07) is 70.9. The van der Waals surface area contributed by atoms with Crippen molar-refractivity contribution < 1.29 is 4.42 Å². The van der Waals surface area contributed by atoms with Crippen LogP contribution in [0.2, 0.25) is 0 Å². The van der Waals surface area contributed by atoms with E-state index in [1.807, 2.05) is 42.5 Å². The quantitative estimate of drug-likeness (QED) is 0.165. The lowest BCUT2D eigenvalue weighted by atomic mass is 9.66. The van der Waals surface area contributed by atoms with E-state index >= 15 is 0 Å². The van der Waals surface area contributed by atoms with Crippen molar-refractivity contribution >= 4 is 43.5 Å². The van der Waals surface area contributed by atoms with E-state index in [1.54, 1.807) is 0 Å². The summed E-state index contributed by atoms with van der Waals surface area (Å²) in [6.45, 7) is 0.